The molecule has 0 aromatic carbocycles. The molecule has 92 valence electrons. The molecule has 1 nitrogen and oxygen atoms in total. The molecule has 0 aliphatic rings. The lowest BCUT2D eigenvalue weighted by Gasteiger charge is -2.33. The van der Waals surface area contributed by atoms with Gasteiger partial charge in [-0.2, -0.15) is 13.2 Å². The standard InChI is InChI=1S/C11H21F3O/c1-9(2,3)7-8(11(12,13)14)15-10(4,5)6/h8H,7H2,1-6H3. The van der Waals surface area contributed by atoms with Crippen LogP contribution in [0.5, 0.6) is 0 Å². The maximum atomic E-state index is 12.7. The molecular weight excluding hydrogens is 205 g/mol. The second kappa shape index (κ2) is 4.32. The van der Waals surface area contributed by atoms with Gasteiger partial charge in [0.1, 0.15) is 0 Å². The molecule has 1 atom stereocenters. The van der Waals surface area contributed by atoms with E-state index in [-0.39, 0.29) is 6.42 Å². The molecule has 0 spiro atoms. The smallest absolute Gasteiger partial charge is 0.363 e. The van der Waals surface area contributed by atoms with Crippen LogP contribution < -0.4 is 0 Å². The lowest BCUT2D eigenvalue weighted by atomic mass is 9.88. The van der Waals surface area contributed by atoms with Crippen LogP contribution in [0.2, 0.25) is 0 Å². The minimum Gasteiger partial charge on any atom is -0.363 e. The van der Waals surface area contributed by atoms with Crippen molar-refractivity contribution in [2.24, 2.45) is 5.41 Å². The van der Waals surface area contributed by atoms with Gasteiger partial charge in [0.2, 0.25) is 0 Å². The second-order valence-corrected chi connectivity index (χ2v) is 6.03. The zero-order chi connectivity index (χ0) is 12.5. The topological polar surface area (TPSA) is 9.23 Å². The van der Waals surface area contributed by atoms with Crippen LogP contribution >= 0.6 is 0 Å². The van der Waals surface area contributed by atoms with E-state index < -0.39 is 23.3 Å². The van der Waals surface area contributed by atoms with Gasteiger partial charge in [0, 0.05) is 0 Å². The van der Waals surface area contributed by atoms with Crippen molar-refractivity contribution in [1.29, 1.82) is 0 Å². The van der Waals surface area contributed by atoms with Crippen LogP contribution in [0.4, 0.5) is 13.2 Å². The molecule has 0 aromatic rings. The van der Waals surface area contributed by atoms with Crippen LogP contribution in [-0.2, 0) is 4.74 Å². The molecule has 0 aromatic heterocycles. The number of halogens is 3. The second-order valence-electron chi connectivity index (χ2n) is 6.03. The van der Waals surface area contributed by atoms with Crippen LogP contribution in [0.1, 0.15) is 48.0 Å². The van der Waals surface area contributed by atoms with E-state index in [0.29, 0.717) is 0 Å². The van der Waals surface area contributed by atoms with Crippen molar-refractivity contribution in [1.82, 2.24) is 0 Å². The van der Waals surface area contributed by atoms with Crippen molar-refractivity contribution < 1.29 is 17.9 Å². The van der Waals surface area contributed by atoms with Crippen molar-refractivity contribution in [3.05, 3.63) is 0 Å². The van der Waals surface area contributed by atoms with Crippen molar-refractivity contribution in [3.63, 3.8) is 0 Å². The fourth-order valence-electron chi connectivity index (χ4n) is 1.21. The van der Waals surface area contributed by atoms with Gasteiger partial charge in [-0.1, -0.05) is 20.8 Å². The van der Waals surface area contributed by atoms with E-state index in [4.69, 9.17) is 4.74 Å². The normalized spacial score (nSPS) is 16.6. The number of hydrogen-bond acceptors (Lipinski definition) is 1. The summed E-state index contributed by atoms with van der Waals surface area (Å²) in [5.41, 5.74) is -1.17. The van der Waals surface area contributed by atoms with Crippen molar-refractivity contribution in [2.75, 3.05) is 0 Å². The molecule has 0 saturated heterocycles. The Morgan fingerprint density at radius 3 is 1.53 bits per heavy atom. The molecule has 0 aliphatic heterocycles. The summed E-state index contributed by atoms with van der Waals surface area (Å²) >= 11 is 0. The third-order valence-electron chi connectivity index (χ3n) is 1.66. The van der Waals surface area contributed by atoms with Gasteiger partial charge < -0.3 is 4.74 Å². The molecule has 0 amide bonds. The molecule has 1 unspecified atom stereocenters. The first-order valence-electron chi connectivity index (χ1n) is 5.06. The van der Waals surface area contributed by atoms with Gasteiger partial charge in [0.15, 0.2) is 6.10 Å². The van der Waals surface area contributed by atoms with Crippen LogP contribution in [0.15, 0.2) is 0 Å². The SMILES string of the molecule is CC(C)(C)CC(OC(C)(C)C)C(F)(F)F. The average Bonchev–Trinajstić information content (AvgIpc) is 1.75. The van der Waals surface area contributed by atoms with Gasteiger partial charge in [-0.15, -0.1) is 0 Å². The van der Waals surface area contributed by atoms with Gasteiger partial charge in [-0.05, 0) is 32.6 Å². The van der Waals surface area contributed by atoms with E-state index in [9.17, 15) is 13.2 Å². The Bertz CT molecular complexity index is 179. The highest BCUT2D eigenvalue weighted by molar-refractivity contribution is 4.78. The third-order valence-corrected chi connectivity index (χ3v) is 1.66. The summed E-state index contributed by atoms with van der Waals surface area (Å²) in [6.07, 6.45) is -5.99. The maximum absolute atomic E-state index is 12.7. The fraction of sp³-hybridized carbons (Fsp3) is 1.00. The first kappa shape index (κ1) is 14.8. The quantitative estimate of drug-likeness (QED) is 0.686. The molecule has 0 N–H and O–H groups in total. The zero-order valence-corrected chi connectivity index (χ0v) is 10.3. The van der Waals surface area contributed by atoms with Gasteiger partial charge >= 0.3 is 6.18 Å². The van der Waals surface area contributed by atoms with E-state index in [1.807, 2.05) is 0 Å². The van der Waals surface area contributed by atoms with Gasteiger partial charge in [0.25, 0.3) is 0 Å². The Balaban J connectivity index is 4.62. The zero-order valence-electron chi connectivity index (χ0n) is 10.3. The summed E-state index contributed by atoms with van der Waals surface area (Å²) in [4.78, 5) is 0. The summed E-state index contributed by atoms with van der Waals surface area (Å²) in [7, 11) is 0. The minimum atomic E-state index is -4.29. The number of rotatable bonds is 2. The molecule has 0 saturated carbocycles. The summed E-state index contributed by atoms with van der Waals surface area (Å²) in [5, 5.41) is 0. The Kier molecular flexibility index (Phi) is 4.25. The molecule has 15 heavy (non-hydrogen) atoms. The predicted molar refractivity (Wildman–Crippen MR) is 54.8 cm³/mol. The maximum Gasteiger partial charge on any atom is 0.414 e. The number of hydrogen-bond donors (Lipinski definition) is 0. The van der Waals surface area contributed by atoms with Crippen LogP contribution in [0, 0.1) is 5.41 Å². The highest BCUT2D eigenvalue weighted by Crippen LogP contribution is 2.34. The molecule has 4 heteroatoms. The summed E-state index contributed by atoms with van der Waals surface area (Å²) in [5.74, 6) is 0. The monoisotopic (exact) mass is 226 g/mol. The summed E-state index contributed by atoms with van der Waals surface area (Å²) in [6.45, 7) is 10.2. The predicted octanol–water partition coefficient (Wildman–Crippen LogP) is 4.17. The highest BCUT2D eigenvalue weighted by Gasteiger charge is 2.44. The third kappa shape index (κ3) is 7.65. The summed E-state index contributed by atoms with van der Waals surface area (Å²) in [6, 6.07) is 0. The first-order chi connectivity index (χ1) is 6.31. The minimum absolute atomic E-state index is 0.0201. The number of alkyl halides is 3. The van der Waals surface area contributed by atoms with E-state index in [1.54, 1.807) is 41.5 Å². The van der Waals surface area contributed by atoms with Gasteiger partial charge in [-0.3, -0.25) is 0 Å². The molecule has 0 heterocycles. The van der Waals surface area contributed by atoms with E-state index in [1.165, 1.54) is 0 Å². The van der Waals surface area contributed by atoms with E-state index in [0.717, 1.165) is 0 Å². The molecule has 0 rings (SSSR count). The molecule has 0 bridgehead atoms. The highest BCUT2D eigenvalue weighted by atomic mass is 19.4. The Morgan fingerprint density at radius 1 is 0.933 bits per heavy atom. The Hall–Kier alpha value is -0.250. The van der Waals surface area contributed by atoms with Crippen molar-refractivity contribution in [3.8, 4) is 0 Å². The van der Waals surface area contributed by atoms with Crippen molar-refractivity contribution in [2.45, 2.75) is 65.8 Å². The van der Waals surface area contributed by atoms with Gasteiger partial charge in [0.05, 0.1) is 5.60 Å². The molecule has 0 aliphatic carbocycles. The first-order valence-corrected chi connectivity index (χ1v) is 5.06. The lowest BCUT2D eigenvalue weighted by molar-refractivity contribution is -0.252. The van der Waals surface area contributed by atoms with E-state index in [2.05, 4.69) is 0 Å². The average molecular weight is 226 g/mol. The van der Waals surface area contributed by atoms with Gasteiger partial charge in [-0.25, -0.2) is 0 Å². The Labute approximate surface area is 90.0 Å². The number of ether oxygens (including phenoxy) is 1. The van der Waals surface area contributed by atoms with Crippen molar-refractivity contribution >= 4 is 0 Å². The lowest BCUT2D eigenvalue weighted by Crippen LogP contribution is -2.40. The van der Waals surface area contributed by atoms with Crippen LogP contribution in [0.3, 0.4) is 0 Å². The van der Waals surface area contributed by atoms with Crippen LogP contribution in [0.25, 0.3) is 0 Å². The molecule has 0 fully saturated rings. The van der Waals surface area contributed by atoms with E-state index >= 15 is 0 Å². The largest absolute Gasteiger partial charge is 0.414 e. The molecule has 0 radical (unpaired) electrons. The fourth-order valence-corrected chi connectivity index (χ4v) is 1.21. The Morgan fingerprint density at radius 2 is 1.33 bits per heavy atom. The summed E-state index contributed by atoms with van der Waals surface area (Å²) < 4.78 is 43.0. The molecular formula is C11H21F3O. The van der Waals surface area contributed by atoms with Crippen LogP contribution in [-0.4, -0.2) is 17.9 Å².